The summed E-state index contributed by atoms with van der Waals surface area (Å²) in [6.07, 6.45) is 2.01. The largest absolute Gasteiger partial charge is 0.480 e. The Labute approximate surface area is 316 Å². The summed E-state index contributed by atoms with van der Waals surface area (Å²) in [5.74, 6) is -5.81. The predicted molar refractivity (Wildman–Crippen MR) is 195 cm³/mol. The number of carbonyl (C=O) groups excluding carboxylic acids is 4. The predicted octanol–water partition coefficient (Wildman–Crippen LogP) is -3.60. The van der Waals surface area contributed by atoms with E-state index in [1.165, 1.54) is 11.8 Å². The topological polar surface area (TPSA) is 273 Å². The van der Waals surface area contributed by atoms with E-state index in [9.17, 15) is 58.9 Å². The number of nitrogens with one attached hydrogen (secondary N) is 3. The van der Waals surface area contributed by atoms with E-state index < -0.39 is 54.9 Å². The highest BCUT2D eigenvalue weighted by molar-refractivity contribution is 6.43. The van der Waals surface area contributed by atoms with Crippen LogP contribution in [0.5, 0.6) is 0 Å². The van der Waals surface area contributed by atoms with Crippen LogP contribution in [0.25, 0.3) is 0 Å². The maximum atomic E-state index is 13.0. The number of carboxylic acids is 3. The molecule has 2 aliphatic heterocycles. The van der Waals surface area contributed by atoms with Gasteiger partial charge < -0.3 is 46.2 Å². The van der Waals surface area contributed by atoms with Gasteiger partial charge in [-0.3, -0.25) is 53.2 Å². The van der Waals surface area contributed by atoms with Gasteiger partial charge in [0.15, 0.2) is 0 Å². The van der Waals surface area contributed by atoms with Crippen LogP contribution in [-0.4, -0.2) is 208 Å². The molecular formula is C33H59BN8O12. The standard InChI is InChI=1S/C33H59BN8O12/c1-23(2)31(32(51)36-24(3)33(52)42-10-6-7-25(42)34(53)54)37-26(43)8-4-5-9-35-27(44)19-38-11-13-39(20-28(45)46)15-17-41(22-30(49)50)18-16-40(14-12-38)21-29(47)48/h23-25,31,53-54H,4-22H2,1-3H3,(H,35,44)(H,36,51)(H,37,43)(H,45,46)(H,47,48)(H,49,50)/t24-,25+,31+/m1/s1. The number of hydrogen-bond acceptors (Lipinski definition) is 13. The molecule has 8 N–H and O–H groups in total. The molecule has 2 aliphatic rings. The van der Waals surface area contributed by atoms with Crippen LogP contribution in [0.1, 0.15) is 52.9 Å². The van der Waals surface area contributed by atoms with E-state index in [-0.39, 0.29) is 96.1 Å². The number of hydrogen-bond donors (Lipinski definition) is 8. The minimum absolute atomic E-state index is 0.0292. The molecule has 2 saturated heterocycles. The lowest BCUT2D eigenvalue weighted by atomic mass is 9.78. The van der Waals surface area contributed by atoms with Crippen LogP contribution < -0.4 is 16.0 Å². The van der Waals surface area contributed by atoms with Crippen LogP contribution in [0.3, 0.4) is 0 Å². The summed E-state index contributed by atoms with van der Waals surface area (Å²) in [6.45, 7) is 7.06. The maximum Gasteiger partial charge on any atom is 0.475 e. The number of nitrogens with zero attached hydrogens (tertiary/aromatic N) is 5. The Balaban J connectivity index is 1.86. The number of amides is 4. The average Bonchev–Trinajstić information content (AvgIpc) is 3.57. The number of unbranched alkanes of at least 4 members (excludes halogenated alkanes) is 1. The molecule has 0 spiro atoms. The molecule has 54 heavy (non-hydrogen) atoms. The van der Waals surface area contributed by atoms with Gasteiger partial charge in [0, 0.05) is 71.9 Å². The van der Waals surface area contributed by atoms with Crippen LogP contribution in [0.2, 0.25) is 0 Å². The molecule has 0 aromatic heterocycles. The van der Waals surface area contributed by atoms with Crippen molar-refractivity contribution in [3.05, 3.63) is 0 Å². The highest BCUT2D eigenvalue weighted by Crippen LogP contribution is 2.19. The van der Waals surface area contributed by atoms with Gasteiger partial charge in [0.2, 0.25) is 23.6 Å². The number of likely N-dealkylation sites (tertiary alicyclic amines) is 1. The molecule has 21 heteroatoms. The Morgan fingerprint density at radius 2 is 1.11 bits per heavy atom. The zero-order valence-electron chi connectivity index (χ0n) is 31.7. The van der Waals surface area contributed by atoms with E-state index in [1.54, 1.807) is 28.5 Å². The lowest BCUT2D eigenvalue weighted by molar-refractivity contribution is -0.140. The molecule has 0 aromatic carbocycles. The number of carbonyl (C=O) groups is 7. The molecule has 0 aliphatic carbocycles. The smallest absolute Gasteiger partial charge is 0.475 e. The molecule has 20 nitrogen and oxygen atoms in total. The van der Waals surface area contributed by atoms with Gasteiger partial charge in [0.1, 0.15) is 12.1 Å². The van der Waals surface area contributed by atoms with Crippen LogP contribution in [0, 0.1) is 5.92 Å². The molecule has 2 fully saturated rings. The second-order valence-corrected chi connectivity index (χ2v) is 14.3. The van der Waals surface area contributed by atoms with Crippen molar-refractivity contribution in [3.63, 3.8) is 0 Å². The van der Waals surface area contributed by atoms with E-state index >= 15 is 0 Å². The van der Waals surface area contributed by atoms with Crippen molar-refractivity contribution in [2.45, 2.75) is 70.9 Å². The van der Waals surface area contributed by atoms with E-state index in [1.807, 2.05) is 4.90 Å². The summed E-state index contributed by atoms with van der Waals surface area (Å²) in [6, 6.07) is -1.85. The molecule has 4 amide bonds. The molecule has 2 heterocycles. The van der Waals surface area contributed by atoms with E-state index in [0.29, 0.717) is 45.3 Å². The summed E-state index contributed by atoms with van der Waals surface area (Å²) in [7, 11) is -1.68. The van der Waals surface area contributed by atoms with Crippen molar-refractivity contribution in [1.82, 2.24) is 40.4 Å². The third-order valence-electron chi connectivity index (χ3n) is 9.45. The maximum absolute atomic E-state index is 13.0. The minimum Gasteiger partial charge on any atom is -0.480 e. The van der Waals surface area contributed by atoms with Gasteiger partial charge in [0.25, 0.3) is 0 Å². The van der Waals surface area contributed by atoms with Crippen molar-refractivity contribution in [2.75, 3.05) is 91.6 Å². The first-order valence-electron chi connectivity index (χ1n) is 18.5. The molecule has 0 bridgehead atoms. The van der Waals surface area contributed by atoms with E-state index in [0.717, 1.165) is 0 Å². The minimum atomic E-state index is -1.68. The number of carboxylic acid groups (broad SMARTS) is 3. The van der Waals surface area contributed by atoms with Crippen molar-refractivity contribution in [3.8, 4) is 0 Å². The third kappa shape index (κ3) is 17.5. The lowest BCUT2D eigenvalue weighted by Crippen LogP contribution is -2.56. The third-order valence-corrected chi connectivity index (χ3v) is 9.45. The van der Waals surface area contributed by atoms with Gasteiger partial charge in [-0.1, -0.05) is 13.8 Å². The van der Waals surface area contributed by atoms with Crippen molar-refractivity contribution < 1.29 is 58.9 Å². The zero-order chi connectivity index (χ0) is 40.4. The molecule has 0 radical (unpaired) electrons. The fraction of sp³-hybridized carbons (Fsp3) is 0.788. The molecule has 2 rings (SSSR count). The molecule has 0 aromatic rings. The summed E-state index contributed by atoms with van der Waals surface area (Å²) in [4.78, 5) is 94.1. The summed E-state index contributed by atoms with van der Waals surface area (Å²) in [5, 5.41) is 55.5. The average molecular weight is 771 g/mol. The Morgan fingerprint density at radius 3 is 1.54 bits per heavy atom. The Kier molecular flexibility index (Phi) is 20.4. The van der Waals surface area contributed by atoms with E-state index in [2.05, 4.69) is 16.0 Å². The second-order valence-electron chi connectivity index (χ2n) is 14.3. The van der Waals surface area contributed by atoms with Gasteiger partial charge in [-0.25, -0.2) is 0 Å². The Bertz CT molecular complexity index is 1250. The highest BCUT2D eigenvalue weighted by Gasteiger charge is 2.39. The monoisotopic (exact) mass is 770 g/mol. The summed E-state index contributed by atoms with van der Waals surface area (Å²) < 4.78 is 0. The first kappa shape index (κ1) is 46.3. The van der Waals surface area contributed by atoms with Crippen molar-refractivity contribution in [2.24, 2.45) is 5.92 Å². The Hall–Kier alpha value is -3.89. The SMILES string of the molecule is CC(C)[C@H](NC(=O)CCCCNC(=O)CN1CCN(CC(=O)O)CCN(CC(=O)O)CCN(CC(=O)O)CC1)C(=O)N[C@H](C)C(=O)N1CCC[C@H]1B(O)O. The number of aliphatic carboxylic acids is 3. The highest BCUT2D eigenvalue weighted by atomic mass is 16.4. The fourth-order valence-corrected chi connectivity index (χ4v) is 6.45. The van der Waals surface area contributed by atoms with Gasteiger partial charge in [-0.05, 0) is 38.5 Å². The van der Waals surface area contributed by atoms with Gasteiger partial charge in [-0.2, -0.15) is 0 Å². The van der Waals surface area contributed by atoms with Gasteiger partial charge in [0.05, 0.1) is 32.1 Å². The second kappa shape index (κ2) is 23.8. The summed E-state index contributed by atoms with van der Waals surface area (Å²) in [5.41, 5.74) is 0. The zero-order valence-corrected chi connectivity index (χ0v) is 31.7. The molecule has 3 atom stereocenters. The first-order chi connectivity index (χ1) is 25.5. The Morgan fingerprint density at radius 1 is 0.648 bits per heavy atom. The first-order valence-corrected chi connectivity index (χ1v) is 18.5. The van der Waals surface area contributed by atoms with E-state index in [4.69, 9.17) is 0 Å². The van der Waals surface area contributed by atoms with Gasteiger partial charge in [-0.15, -0.1) is 0 Å². The lowest BCUT2D eigenvalue weighted by Gasteiger charge is -2.32. The molecule has 0 saturated carbocycles. The quantitative estimate of drug-likeness (QED) is 0.0466. The molecule has 0 unspecified atom stereocenters. The number of rotatable bonds is 19. The van der Waals surface area contributed by atoms with Crippen LogP contribution in [0.4, 0.5) is 0 Å². The van der Waals surface area contributed by atoms with Crippen LogP contribution >= 0.6 is 0 Å². The van der Waals surface area contributed by atoms with Crippen molar-refractivity contribution >= 4 is 48.7 Å². The molecular weight excluding hydrogens is 711 g/mol. The fourth-order valence-electron chi connectivity index (χ4n) is 6.45. The van der Waals surface area contributed by atoms with Crippen LogP contribution in [0.15, 0.2) is 0 Å². The van der Waals surface area contributed by atoms with Crippen LogP contribution in [-0.2, 0) is 33.6 Å². The van der Waals surface area contributed by atoms with Gasteiger partial charge >= 0.3 is 25.0 Å². The normalized spacial score (nSPS) is 19.6. The summed E-state index contributed by atoms with van der Waals surface area (Å²) >= 11 is 0. The molecule has 306 valence electrons. The van der Waals surface area contributed by atoms with Crippen molar-refractivity contribution in [1.29, 1.82) is 0 Å².